The van der Waals surface area contributed by atoms with Crippen molar-refractivity contribution in [3.05, 3.63) is 60.8 Å². The van der Waals surface area contributed by atoms with Crippen LogP contribution in [0.4, 0.5) is 5.69 Å². The van der Waals surface area contributed by atoms with Crippen LogP contribution in [-0.2, 0) is 0 Å². The summed E-state index contributed by atoms with van der Waals surface area (Å²) in [6.45, 7) is 16.4. The van der Waals surface area contributed by atoms with E-state index >= 15 is 0 Å². The normalized spacial score (nSPS) is 17.7. The molecule has 2 aliphatic rings. The Morgan fingerprint density at radius 2 is 2.15 bits per heavy atom. The van der Waals surface area contributed by atoms with E-state index in [1.54, 1.807) is 0 Å². The van der Waals surface area contributed by atoms with Gasteiger partial charge in [-0.2, -0.15) is 5.10 Å². The van der Waals surface area contributed by atoms with E-state index in [0.29, 0.717) is 0 Å². The first-order valence-corrected chi connectivity index (χ1v) is 9.25. The average molecular weight is 351 g/mol. The number of fused-ring (bicyclic) bond motifs is 1. The summed E-state index contributed by atoms with van der Waals surface area (Å²) in [4.78, 5) is 2.41. The zero-order chi connectivity index (χ0) is 18.5. The van der Waals surface area contributed by atoms with Crippen molar-refractivity contribution in [2.45, 2.75) is 18.9 Å². The number of nitrogens with one attached hydrogen (secondary N) is 2. The highest BCUT2D eigenvalue weighted by atomic mass is 15.5. The number of hydrazone groups is 1. The van der Waals surface area contributed by atoms with E-state index < -0.39 is 0 Å². The number of hydrogen-bond donors (Lipinski definition) is 2. The van der Waals surface area contributed by atoms with Crippen LogP contribution >= 0.6 is 0 Å². The smallest absolute Gasteiger partial charge is 0.0917 e. The number of piperazine rings is 1. The first-order chi connectivity index (χ1) is 12.7. The molecule has 138 valence electrons. The SMILES string of the molecule is C=CCCC(C(=C)NC)N1N=Cc2cc(N3CCNCC3)ccc2C1=C. The van der Waals surface area contributed by atoms with Gasteiger partial charge in [-0.25, -0.2) is 0 Å². The number of allylic oxidation sites excluding steroid dienone is 1. The zero-order valence-electron chi connectivity index (χ0n) is 15.7. The second-order valence-corrected chi connectivity index (χ2v) is 6.70. The predicted octanol–water partition coefficient (Wildman–Crippen LogP) is 2.78. The van der Waals surface area contributed by atoms with Crippen LogP contribution < -0.4 is 15.5 Å². The van der Waals surface area contributed by atoms with Gasteiger partial charge >= 0.3 is 0 Å². The number of hydrogen-bond acceptors (Lipinski definition) is 5. The second-order valence-electron chi connectivity index (χ2n) is 6.70. The number of nitrogens with zero attached hydrogens (tertiary/aromatic N) is 3. The Balaban J connectivity index is 1.84. The van der Waals surface area contributed by atoms with Gasteiger partial charge in [-0.05, 0) is 25.0 Å². The summed E-state index contributed by atoms with van der Waals surface area (Å²) in [5.74, 6) is 0. The third-order valence-corrected chi connectivity index (χ3v) is 5.09. The van der Waals surface area contributed by atoms with Gasteiger partial charge < -0.3 is 15.5 Å². The van der Waals surface area contributed by atoms with E-state index in [9.17, 15) is 0 Å². The van der Waals surface area contributed by atoms with Crippen molar-refractivity contribution in [3.63, 3.8) is 0 Å². The number of benzene rings is 1. The molecule has 1 unspecified atom stereocenters. The first-order valence-electron chi connectivity index (χ1n) is 9.25. The summed E-state index contributed by atoms with van der Waals surface area (Å²) >= 11 is 0. The molecule has 1 aromatic carbocycles. The third-order valence-electron chi connectivity index (χ3n) is 5.09. The van der Waals surface area contributed by atoms with Crippen molar-refractivity contribution in [2.24, 2.45) is 5.10 Å². The maximum absolute atomic E-state index is 4.70. The Morgan fingerprint density at radius 3 is 2.85 bits per heavy atom. The van der Waals surface area contributed by atoms with Gasteiger partial charge in [0.15, 0.2) is 0 Å². The summed E-state index contributed by atoms with van der Waals surface area (Å²) in [7, 11) is 1.90. The van der Waals surface area contributed by atoms with Crippen LogP contribution in [0.15, 0.2) is 54.8 Å². The fourth-order valence-electron chi connectivity index (χ4n) is 3.51. The van der Waals surface area contributed by atoms with Gasteiger partial charge in [-0.1, -0.05) is 25.3 Å². The third kappa shape index (κ3) is 3.68. The zero-order valence-corrected chi connectivity index (χ0v) is 15.7. The fraction of sp³-hybridized carbons (Fsp3) is 0.381. The van der Waals surface area contributed by atoms with E-state index in [0.717, 1.165) is 61.5 Å². The molecule has 1 saturated heterocycles. The molecule has 0 saturated carbocycles. The molecule has 0 amide bonds. The van der Waals surface area contributed by atoms with E-state index in [-0.39, 0.29) is 6.04 Å². The van der Waals surface area contributed by atoms with Gasteiger partial charge in [0, 0.05) is 55.7 Å². The highest BCUT2D eigenvalue weighted by Crippen LogP contribution is 2.32. The minimum absolute atomic E-state index is 0.0581. The number of likely N-dealkylation sites (N-methyl/N-ethyl adjacent to an activating group) is 1. The maximum atomic E-state index is 4.70. The van der Waals surface area contributed by atoms with Gasteiger partial charge in [0.1, 0.15) is 0 Å². The van der Waals surface area contributed by atoms with Crippen molar-refractivity contribution in [1.82, 2.24) is 15.6 Å². The first kappa shape index (κ1) is 18.3. The monoisotopic (exact) mass is 351 g/mol. The van der Waals surface area contributed by atoms with Crippen LogP contribution in [0.5, 0.6) is 0 Å². The average Bonchev–Trinajstić information content (AvgIpc) is 2.69. The van der Waals surface area contributed by atoms with Gasteiger partial charge in [-0.15, -0.1) is 6.58 Å². The molecule has 26 heavy (non-hydrogen) atoms. The Labute approximate surface area is 156 Å². The lowest BCUT2D eigenvalue weighted by molar-refractivity contribution is 0.319. The van der Waals surface area contributed by atoms with E-state index in [1.165, 1.54) is 5.69 Å². The van der Waals surface area contributed by atoms with Crippen molar-refractivity contribution < 1.29 is 0 Å². The molecule has 5 heteroatoms. The minimum Gasteiger partial charge on any atom is -0.390 e. The van der Waals surface area contributed by atoms with E-state index in [1.807, 2.05) is 24.3 Å². The molecular weight excluding hydrogens is 322 g/mol. The lowest BCUT2D eigenvalue weighted by atomic mass is 10.00. The molecule has 1 atom stereocenters. The highest BCUT2D eigenvalue weighted by molar-refractivity contribution is 5.92. The van der Waals surface area contributed by atoms with Crippen LogP contribution in [0.2, 0.25) is 0 Å². The van der Waals surface area contributed by atoms with Crippen LogP contribution in [0.25, 0.3) is 5.70 Å². The molecule has 2 heterocycles. The fourth-order valence-corrected chi connectivity index (χ4v) is 3.51. The lowest BCUT2D eigenvalue weighted by Gasteiger charge is -2.35. The van der Waals surface area contributed by atoms with Crippen LogP contribution in [-0.4, -0.2) is 50.5 Å². The number of rotatable bonds is 7. The molecule has 2 aliphatic heterocycles. The number of anilines is 1. The van der Waals surface area contributed by atoms with E-state index in [4.69, 9.17) is 5.10 Å². The quantitative estimate of drug-likeness (QED) is 0.742. The lowest BCUT2D eigenvalue weighted by Crippen LogP contribution is -2.43. The highest BCUT2D eigenvalue weighted by Gasteiger charge is 2.26. The van der Waals surface area contributed by atoms with E-state index in [2.05, 4.69) is 53.5 Å². The van der Waals surface area contributed by atoms with Crippen molar-refractivity contribution in [3.8, 4) is 0 Å². The maximum Gasteiger partial charge on any atom is 0.0917 e. The summed E-state index contributed by atoms with van der Waals surface area (Å²) in [5, 5.41) is 13.2. The molecule has 1 fully saturated rings. The molecule has 0 radical (unpaired) electrons. The molecule has 0 bridgehead atoms. The summed E-state index contributed by atoms with van der Waals surface area (Å²) in [6, 6.07) is 6.64. The molecule has 3 rings (SSSR count). The molecule has 5 nitrogen and oxygen atoms in total. The Morgan fingerprint density at radius 1 is 1.38 bits per heavy atom. The summed E-state index contributed by atoms with van der Waals surface area (Å²) in [6.07, 6.45) is 5.67. The molecule has 1 aromatic rings. The second kappa shape index (κ2) is 8.23. The van der Waals surface area contributed by atoms with Crippen LogP contribution in [0, 0.1) is 0 Å². The molecule has 0 aliphatic carbocycles. The minimum atomic E-state index is 0.0581. The molecule has 2 N–H and O–H groups in total. The molecule has 0 spiro atoms. The Kier molecular flexibility index (Phi) is 5.78. The van der Waals surface area contributed by atoms with Crippen LogP contribution in [0.3, 0.4) is 0 Å². The van der Waals surface area contributed by atoms with Gasteiger partial charge in [0.05, 0.1) is 18.0 Å². The standard InChI is InChI=1S/C21H29N5/c1-5-6-7-21(16(2)22-4)26-17(3)20-9-8-19(14-18(20)15-24-26)25-12-10-23-11-13-25/h5,8-9,14-15,21-23H,1-3,6-7,10-13H2,4H3. The Bertz CT molecular complexity index is 715. The van der Waals surface area contributed by atoms with Crippen molar-refractivity contribution >= 4 is 17.6 Å². The van der Waals surface area contributed by atoms with Gasteiger partial charge in [-0.3, -0.25) is 5.01 Å². The topological polar surface area (TPSA) is 42.9 Å². The van der Waals surface area contributed by atoms with Crippen molar-refractivity contribution in [1.29, 1.82) is 0 Å². The van der Waals surface area contributed by atoms with Gasteiger partial charge in [0.2, 0.25) is 0 Å². The Hall–Kier alpha value is -2.53. The molecular formula is C21H29N5. The summed E-state index contributed by atoms with van der Waals surface area (Å²) in [5.41, 5.74) is 5.36. The largest absolute Gasteiger partial charge is 0.390 e. The van der Waals surface area contributed by atoms with Crippen molar-refractivity contribution in [2.75, 3.05) is 38.1 Å². The van der Waals surface area contributed by atoms with Gasteiger partial charge in [0.25, 0.3) is 0 Å². The summed E-state index contributed by atoms with van der Waals surface area (Å²) < 4.78 is 0. The molecule has 0 aromatic heterocycles. The van der Waals surface area contributed by atoms with Crippen LogP contribution in [0.1, 0.15) is 24.0 Å². The predicted molar refractivity (Wildman–Crippen MR) is 111 cm³/mol.